The molecule has 1 N–H and O–H groups in total. The summed E-state index contributed by atoms with van der Waals surface area (Å²) in [5.41, 5.74) is 7.31. The van der Waals surface area contributed by atoms with Crippen molar-refractivity contribution < 1.29 is 9.90 Å². The first-order valence-electron chi connectivity index (χ1n) is 5.03. The molecule has 0 amide bonds. The SMILES string of the molecule is [N-]=[N+]=NC1(C(=O)O)[C@@H]2CCCCC[C@@H]21. The Morgan fingerprint density at radius 1 is 1.36 bits per heavy atom. The van der Waals surface area contributed by atoms with Gasteiger partial charge >= 0.3 is 5.97 Å². The van der Waals surface area contributed by atoms with Gasteiger partial charge in [-0.05, 0) is 30.2 Å². The van der Waals surface area contributed by atoms with E-state index in [2.05, 4.69) is 10.0 Å². The van der Waals surface area contributed by atoms with Crippen LogP contribution in [0.15, 0.2) is 5.11 Å². The molecular weight excluding hydrogens is 182 g/mol. The van der Waals surface area contributed by atoms with Gasteiger partial charge in [0.2, 0.25) is 0 Å². The maximum Gasteiger partial charge on any atom is 0.316 e. The summed E-state index contributed by atoms with van der Waals surface area (Å²) in [6, 6.07) is 0. The lowest BCUT2D eigenvalue weighted by Gasteiger charge is -2.07. The Hall–Kier alpha value is -1.22. The fourth-order valence-corrected chi connectivity index (χ4v) is 2.85. The summed E-state index contributed by atoms with van der Waals surface area (Å²) in [6.45, 7) is 0. The molecule has 5 heteroatoms. The van der Waals surface area contributed by atoms with Crippen molar-refractivity contribution in [3.8, 4) is 0 Å². The van der Waals surface area contributed by atoms with Crippen LogP contribution in [0.5, 0.6) is 0 Å². The summed E-state index contributed by atoms with van der Waals surface area (Å²) in [5, 5.41) is 12.6. The number of aliphatic carboxylic acids is 1. The molecule has 0 aromatic heterocycles. The van der Waals surface area contributed by atoms with Crippen molar-refractivity contribution in [2.45, 2.75) is 37.6 Å². The third-order valence-corrected chi connectivity index (χ3v) is 3.59. The molecule has 2 fully saturated rings. The predicted octanol–water partition coefficient (Wildman–Crippen LogP) is 2.33. The molecule has 0 aliphatic heterocycles. The van der Waals surface area contributed by atoms with Crippen LogP contribution >= 0.6 is 0 Å². The molecule has 0 aromatic carbocycles. The minimum Gasteiger partial charge on any atom is -0.481 e. The molecule has 0 aromatic rings. The van der Waals surface area contributed by atoms with E-state index in [0.29, 0.717) is 0 Å². The minimum absolute atomic E-state index is 0.0957. The van der Waals surface area contributed by atoms with Gasteiger partial charge in [0.25, 0.3) is 0 Å². The van der Waals surface area contributed by atoms with Crippen LogP contribution in [0.25, 0.3) is 10.4 Å². The summed E-state index contributed by atoms with van der Waals surface area (Å²) >= 11 is 0. The number of nitrogens with zero attached hydrogens (tertiary/aromatic N) is 3. The van der Waals surface area contributed by atoms with Gasteiger partial charge in [-0.25, -0.2) is 0 Å². The van der Waals surface area contributed by atoms with Crippen LogP contribution in [0, 0.1) is 11.8 Å². The van der Waals surface area contributed by atoms with E-state index >= 15 is 0 Å². The maximum absolute atomic E-state index is 11.1. The quantitative estimate of drug-likeness (QED) is 0.416. The second-order valence-corrected chi connectivity index (χ2v) is 4.17. The summed E-state index contributed by atoms with van der Waals surface area (Å²) < 4.78 is 0. The van der Waals surface area contributed by atoms with Crippen LogP contribution in [0.1, 0.15) is 32.1 Å². The lowest BCUT2D eigenvalue weighted by molar-refractivity contribution is -0.140. The van der Waals surface area contributed by atoms with Crippen molar-refractivity contribution in [1.29, 1.82) is 0 Å². The number of azide groups is 1. The van der Waals surface area contributed by atoms with E-state index in [0.717, 1.165) is 25.7 Å². The Kier molecular flexibility index (Phi) is 2.11. The van der Waals surface area contributed by atoms with E-state index in [1.165, 1.54) is 6.42 Å². The monoisotopic (exact) mass is 195 g/mol. The topological polar surface area (TPSA) is 86.1 Å². The molecule has 0 saturated heterocycles. The number of hydrogen-bond donors (Lipinski definition) is 1. The first kappa shape index (κ1) is 9.34. The van der Waals surface area contributed by atoms with Crippen molar-refractivity contribution in [1.82, 2.24) is 0 Å². The van der Waals surface area contributed by atoms with E-state index < -0.39 is 11.5 Å². The van der Waals surface area contributed by atoms with Gasteiger partial charge in [-0.3, -0.25) is 4.79 Å². The lowest BCUT2D eigenvalue weighted by Crippen LogP contribution is -2.24. The van der Waals surface area contributed by atoms with Gasteiger partial charge in [-0.2, -0.15) is 0 Å². The zero-order valence-electron chi connectivity index (χ0n) is 7.89. The van der Waals surface area contributed by atoms with E-state index in [1.54, 1.807) is 0 Å². The second-order valence-electron chi connectivity index (χ2n) is 4.17. The predicted molar refractivity (Wildman–Crippen MR) is 49.6 cm³/mol. The highest BCUT2D eigenvalue weighted by atomic mass is 16.4. The maximum atomic E-state index is 11.1. The van der Waals surface area contributed by atoms with E-state index in [-0.39, 0.29) is 11.8 Å². The molecule has 2 saturated carbocycles. The fraction of sp³-hybridized carbons (Fsp3) is 0.889. The highest BCUT2D eigenvalue weighted by Gasteiger charge is 2.69. The molecule has 2 rings (SSSR count). The molecule has 2 aliphatic carbocycles. The van der Waals surface area contributed by atoms with Crippen LogP contribution < -0.4 is 0 Å². The number of carboxylic acid groups (broad SMARTS) is 1. The van der Waals surface area contributed by atoms with Crippen LogP contribution in [0.4, 0.5) is 0 Å². The van der Waals surface area contributed by atoms with Gasteiger partial charge in [-0.1, -0.05) is 24.4 Å². The van der Waals surface area contributed by atoms with Gasteiger partial charge in [0.15, 0.2) is 5.54 Å². The first-order chi connectivity index (χ1) is 6.73. The van der Waals surface area contributed by atoms with Gasteiger partial charge in [0.1, 0.15) is 0 Å². The smallest absolute Gasteiger partial charge is 0.316 e. The minimum atomic E-state index is -1.09. The lowest BCUT2D eigenvalue weighted by atomic mass is 10.1. The standard InChI is InChI=1S/C9H13N3O2/c10-12-11-9(8(13)14)6-4-2-1-3-5-7(6)9/h6-7H,1-5H2,(H,13,14)/t6-,7+,9?. The molecule has 0 bridgehead atoms. The van der Waals surface area contributed by atoms with Crippen molar-refractivity contribution in [2.24, 2.45) is 17.0 Å². The Balaban J connectivity index is 2.24. The van der Waals surface area contributed by atoms with Crippen molar-refractivity contribution in [3.05, 3.63) is 10.4 Å². The molecule has 14 heavy (non-hydrogen) atoms. The third-order valence-electron chi connectivity index (χ3n) is 3.59. The molecule has 0 heterocycles. The average molecular weight is 195 g/mol. The zero-order valence-corrected chi connectivity index (χ0v) is 7.89. The van der Waals surface area contributed by atoms with Gasteiger partial charge in [0.05, 0.1) is 0 Å². The third kappa shape index (κ3) is 1.09. The molecule has 1 unspecified atom stereocenters. The molecule has 0 spiro atoms. The number of fused-ring (bicyclic) bond motifs is 1. The summed E-state index contributed by atoms with van der Waals surface area (Å²) in [5.74, 6) is -0.746. The molecule has 5 nitrogen and oxygen atoms in total. The van der Waals surface area contributed by atoms with Crippen LogP contribution in [0.3, 0.4) is 0 Å². The van der Waals surface area contributed by atoms with Crippen LogP contribution in [-0.2, 0) is 4.79 Å². The molecule has 2 aliphatic rings. The van der Waals surface area contributed by atoms with Crippen molar-refractivity contribution >= 4 is 5.97 Å². The average Bonchev–Trinajstić information content (AvgIpc) is 2.80. The molecule has 3 atom stereocenters. The van der Waals surface area contributed by atoms with Gasteiger partial charge < -0.3 is 5.11 Å². The highest BCUT2D eigenvalue weighted by molar-refractivity contribution is 5.84. The summed E-state index contributed by atoms with van der Waals surface area (Å²) in [4.78, 5) is 13.8. The van der Waals surface area contributed by atoms with E-state index in [1.807, 2.05) is 0 Å². The number of hydrogen-bond acceptors (Lipinski definition) is 2. The Labute approximate surface area is 81.7 Å². The molecule has 0 radical (unpaired) electrons. The van der Waals surface area contributed by atoms with Crippen molar-refractivity contribution in [2.75, 3.05) is 0 Å². The number of rotatable bonds is 2. The largest absolute Gasteiger partial charge is 0.481 e. The second kappa shape index (κ2) is 3.17. The van der Waals surface area contributed by atoms with Gasteiger partial charge in [-0.15, -0.1) is 0 Å². The van der Waals surface area contributed by atoms with E-state index in [9.17, 15) is 4.79 Å². The number of carbonyl (C=O) groups is 1. The van der Waals surface area contributed by atoms with E-state index in [4.69, 9.17) is 10.6 Å². The normalized spacial score (nSPS) is 40.3. The van der Waals surface area contributed by atoms with Crippen molar-refractivity contribution in [3.63, 3.8) is 0 Å². The van der Waals surface area contributed by atoms with Crippen LogP contribution in [-0.4, -0.2) is 16.6 Å². The Bertz CT molecular complexity index is 293. The summed E-state index contributed by atoms with van der Waals surface area (Å²) in [7, 11) is 0. The molecular formula is C9H13N3O2. The summed E-state index contributed by atoms with van der Waals surface area (Å²) in [6.07, 6.45) is 5.11. The van der Waals surface area contributed by atoms with Gasteiger partial charge in [0, 0.05) is 4.91 Å². The van der Waals surface area contributed by atoms with Crippen LogP contribution in [0.2, 0.25) is 0 Å². The zero-order chi connectivity index (χ0) is 10.2. The Morgan fingerprint density at radius 3 is 2.36 bits per heavy atom. The first-order valence-corrected chi connectivity index (χ1v) is 5.03. The highest BCUT2D eigenvalue weighted by Crippen LogP contribution is 2.60. The Morgan fingerprint density at radius 2 is 1.93 bits per heavy atom. The molecule has 76 valence electrons. The fourth-order valence-electron chi connectivity index (χ4n) is 2.85. The number of carboxylic acids is 1.